The molecular formula is C15H23NO. The van der Waals surface area contributed by atoms with E-state index in [-0.39, 0.29) is 5.41 Å². The van der Waals surface area contributed by atoms with Crippen molar-refractivity contribution < 1.29 is 5.11 Å². The van der Waals surface area contributed by atoms with Gasteiger partial charge in [0.25, 0.3) is 0 Å². The normalized spacial score (nSPS) is 33.6. The molecule has 0 heterocycles. The second-order valence-corrected chi connectivity index (χ2v) is 5.85. The highest BCUT2D eigenvalue weighted by atomic mass is 16.3. The van der Waals surface area contributed by atoms with Crippen LogP contribution in [0, 0.1) is 6.92 Å². The van der Waals surface area contributed by atoms with Crippen molar-refractivity contribution in [3.63, 3.8) is 0 Å². The summed E-state index contributed by atoms with van der Waals surface area (Å²) in [5.41, 5.74) is 8.21. The number of hydrogen-bond acceptors (Lipinski definition) is 2. The Bertz CT molecular complexity index is 370. The summed E-state index contributed by atoms with van der Waals surface area (Å²) in [4.78, 5) is 0. The van der Waals surface area contributed by atoms with E-state index in [0.29, 0.717) is 6.54 Å². The lowest BCUT2D eigenvalue weighted by Crippen LogP contribution is -2.43. The fourth-order valence-corrected chi connectivity index (χ4v) is 2.78. The molecule has 0 aromatic heterocycles. The third-order valence-electron chi connectivity index (χ3n) is 4.34. The maximum atomic E-state index is 10.1. The van der Waals surface area contributed by atoms with Crippen LogP contribution >= 0.6 is 0 Å². The maximum absolute atomic E-state index is 10.1. The molecule has 1 saturated carbocycles. The highest BCUT2D eigenvalue weighted by molar-refractivity contribution is 5.30. The molecule has 1 aliphatic rings. The predicted molar refractivity (Wildman–Crippen MR) is 71.0 cm³/mol. The van der Waals surface area contributed by atoms with Gasteiger partial charge in [0.15, 0.2) is 0 Å². The minimum atomic E-state index is -0.497. The van der Waals surface area contributed by atoms with Gasteiger partial charge in [-0.15, -0.1) is 0 Å². The standard InChI is InChI=1S/C15H23NO/c1-12-3-5-13(6-4-12)15(11-16)9-7-14(2,17)8-10-15/h3-6,17H,7-11,16H2,1-2H3. The number of benzene rings is 1. The molecular weight excluding hydrogens is 210 g/mol. The Kier molecular flexibility index (Phi) is 3.28. The second-order valence-electron chi connectivity index (χ2n) is 5.85. The van der Waals surface area contributed by atoms with Gasteiger partial charge >= 0.3 is 0 Å². The third kappa shape index (κ3) is 2.53. The van der Waals surface area contributed by atoms with Crippen LogP contribution in [0.25, 0.3) is 0 Å². The van der Waals surface area contributed by atoms with Crippen LogP contribution in [-0.2, 0) is 5.41 Å². The number of hydrogen-bond donors (Lipinski definition) is 2. The SMILES string of the molecule is Cc1ccc(C2(CN)CCC(C)(O)CC2)cc1. The maximum Gasteiger partial charge on any atom is 0.0620 e. The van der Waals surface area contributed by atoms with Crippen molar-refractivity contribution in [3.05, 3.63) is 35.4 Å². The van der Waals surface area contributed by atoms with Gasteiger partial charge in [-0.3, -0.25) is 0 Å². The van der Waals surface area contributed by atoms with Gasteiger partial charge in [-0.2, -0.15) is 0 Å². The molecule has 0 saturated heterocycles. The van der Waals surface area contributed by atoms with E-state index in [1.54, 1.807) is 0 Å². The third-order valence-corrected chi connectivity index (χ3v) is 4.34. The summed E-state index contributed by atoms with van der Waals surface area (Å²) in [5.74, 6) is 0. The van der Waals surface area contributed by atoms with Crippen LogP contribution < -0.4 is 5.73 Å². The smallest absolute Gasteiger partial charge is 0.0620 e. The van der Waals surface area contributed by atoms with Gasteiger partial charge in [0.2, 0.25) is 0 Å². The Labute approximate surface area is 104 Å². The summed E-state index contributed by atoms with van der Waals surface area (Å²) in [6, 6.07) is 8.70. The van der Waals surface area contributed by atoms with Crippen molar-refractivity contribution in [1.29, 1.82) is 0 Å². The molecule has 0 bridgehead atoms. The van der Waals surface area contributed by atoms with Gasteiger partial charge < -0.3 is 10.8 Å². The lowest BCUT2D eigenvalue weighted by atomic mass is 9.65. The molecule has 2 nitrogen and oxygen atoms in total. The summed E-state index contributed by atoms with van der Waals surface area (Å²) in [6.07, 6.45) is 3.66. The first-order chi connectivity index (χ1) is 7.97. The molecule has 1 aliphatic carbocycles. The van der Waals surface area contributed by atoms with E-state index in [1.807, 2.05) is 6.92 Å². The molecule has 0 amide bonds. The fraction of sp³-hybridized carbons (Fsp3) is 0.600. The molecule has 2 heteroatoms. The molecule has 1 aromatic rings. The minimum Gasteiger partial charge on any atom is -0.390 e. The molecule has 2 rings (SSSR count). The molecule has 94 valence electrons. The number of rotatable bonds is 2. The summed E-state index contributed by atoms with van der Waals surface area (Å²) >= 11 is 0. The molecule has 0 spiro atoms. The Morgan fingerprint density at radius 2 is 1.65 bits per heavy atom. The first kappa shape index (κ1) is 12.6. The van der Waals surface area contributed by atoms with E-state index < -0.39 is 5.60 Å². The van der Waals surface area contributed by atoms with Gasteiger partial charge in [0.1, 0.15) is 0 Å². The Morgan fingerprint density at radius 1 is 1.12 bits per heavy atom. The van der Waals surface area contributed by atoms with E-state index in [0.717, 1.165) is 25.7 Å². The molecule has 0 radical (unpaired) electrons. The van der Waals surface area contributed by atoms with Gasteiger partial charge in [0.05, 0.1) is 5.60 Å². The van der Waals surface area contributed by atoms with Crippen LogP contribution in [0.2, 0.25) is 0 Å². The van der Waals surface area contributed by atoms with Crippen LogP contribution in [0.4, 0.5) is 0 Å². The van der Waals surface area contributed by atoms with E-state index in [2.05, 4.69) is 31.2 Å². The number of nitrogens with two attached hydrogens (primary N) is 1. The van der Waals surface area contributed by atoms with Crippen molar-refractivity contribution >= 4 is 0 Å². The zero-order valence-electron chi connectivity index (χ0n) is 10.9. The highest BCUT2D eigenvalue weighted by Gasteiger charge is 2.39. The average Bonchev–Trinajstić information content (AvgIpc) is 2.31. The van der Waals surface area contributed by atoms with Crippen molar-refractivity contribution in [3.8, 4) is 0 Å². The summed E-state index contributed by atoms with van der Waals surface area (Å²) in [6.45, 7) is 4.71. The first-order valence-corrected chi connectivity index (χ1v) is 6.47. The van der Waals surface area contributed by atoms with E-state index in [4.69, 9.17) is 5.73 Å². The zero-order chi connectivity index (χ0) is 12.5. The monoisotopic (exact) mass is 233 g/mol. The van der Waals surface area contributed by atoms with Crippen molar-refractivity contribution in [2.24, 2.45) is 5.73 Å². The van der Waals surface area contributed by atoms with Gasteiger partial charge in [-0.25, -0.2) is 0 Å². The molecule has 1 aromatic carbocycles. The molecule has 1 fully saturated rings. The number of aliphatic hydroxyl groups is 1. The van der Waals surface area contributed by atoms with E-state index in [1.165, 1.54) is 11.1 Å². The first-order valence-electron chi connectivity index (χ1n) is 6.47. The van der Waals surface area contributed by atoms with Crippen LogP contribution in [0.5, 0.6) is 0 Å². The highest BCUT2D eigenvalue weighted by Crippen LogP contribution is 2.42. The van der Waals surface area contributed by atoms with Crippen molar-refractivity contribution in [2.75, 3.05) is 6.54 Å². The zero-order valence-corrected chi connectivity index (χ0v) is 10.9. The van der Waals surface area contributed by atoms with Gasteiger partial charge in [-0.1, -0.05) is 29.8 Å². The largest absolute Gasteiger partial charge is 0.390 e. The summed E-state index contributed by atoms with van der Waals surface area (Å²) < 4.78 is 0. The number of aryl methyl sites for hydroxylation is 1. The summed E-state index contributed by atoms with van der Waals surface area (Å²) in [5, 5.41) is 10.1. The van der Waals surface area contributed by atoms with Crippen LogP contribution in [-0.4, -0.2) is 17.3 Å². The quantitative estimate of drug-likeness (QED) is 0.824. The molecule has 0 unspecified atom stereocenters. The molecule has 0 aliphatic heterocycles. The van der Waals surface area contributed by atoms with E-state index >= 15 is 0 Å². The summed E-state index contributed by atoms with van der Waals surface area (Å²) in [7, 11) is 0. The topological polar surface area (TPSA) is 46.2 Å². The van der Waals surface area contributed by atoms with E-state index in [9.17, 15) is 5.11 Å². The Balaban J connectivity index is 2.24. The lowest BCUT2D eigenvalue weighted by Gasteiger charge is -2.42. The molecule has 0 atom stereocenters. The molecule has 17 heavy (non-hydrogen) atoms. The van der Waals surface area contributed by atoms with Gasteiger partial charge in [-0.05, 0) is 45.1 Å². The Hall–Kier alpha value is -0.860. The second kappa shape index (κ2) is 4.43. The van der Waals surface area contributed by atoms with Crippen LogP contribution in [0.1, 0.15) is 43.7 Å². The Morgan fingerprint density at radius 3 is 2.12 bits per heavy atom. The van der Waals surface area contributed by atoms with Gasteiger partial charge in [0, 0.05) is 12.0 Å². The van der Waals surface area contributed by atoms with Crippen LogP contribution in [0.3, 0.4) is 0 Å². The van der Waals surface area contributed by atoms with Crippen molar-refractivity contribution in [2.45, 2.75) is 50.5 Å². The minimum absolute atomic E-state index is 0.0793. The predicted octanol–water partition coefficient (Wildman–Crippen LogP) is 2.52. The van der Waals surface area contributed by atoms with Crippen LogP contribution in [0.15, 0.2) is 24.3 Å². The molecule has 3 N–H and O–H groups in total. The average molecular weight is 233 g/mol. The lowest BCUT2D eigenvalue weighted by molar-refractivity contribution is 0.00143. The fourth-order valence-electron chi connectivity index (χ4n) is 2.78. The van der Waals surface area contributed by atoms with Crippen molar-refractivity contribution in [1.82, 2.24) is 0 Å².